The zero-order valence-corrected chi connectivity index (χ0v) is 30.9. The Morgan fingerprint density at radius 2 is 0.943 bits per heavy atom. The SMILES string of the molecule is CCCCCCNc1c2nc(c(-c3ccc(C)cc3)c3ccc([nH]3)c(-c3ccc(OC)cc3)c3nc(c(-c4ccc(C)cc4)c4ccc1[nH]4)C=C3)C=C2. The van der Waals surface area contributed by atoms with Crippen LogP contribution in [-0.4, -0.2) is 33.6 Å². The van der Waals surface area contributed by atoms with E-state index in [1.54, 1.807) is 7.11 Å². The zero-order chi connectivity index (χ0) is 36.3. The molecule has 6 aromatic rings. The van der Waals surface area contributed by atoms with Crippen LogP contribution in [0.3, 0.4) is 0 Å². The van der Waals surface area contributed by atoms with Crippen LogP contribution in [0.4, 0.5) is 5.69 Å². The number of hydrogen-bond acceptors (Lipinski definition) is 4. The molecule has 0 atom stereocenters. The van der Waals surface area contributed by atoms with E-state index in [0.717, 1.165) is 103 Å². The smallest absolute Gasteiger partial charge is 0.118 e. The Morgan fingerprint density at radius 1 is 0.509 bits per heavy atom. The Kier molecular flexibility index (Phi) is 9.51. The molecule has 8 rings (SSSR count). The van der Waals surface area contributed by atoms with Gasteiger partial charge in [-0.3, -0.25) is 0 Å². The lowest BCUT2D eigenvalue weighted by Gasteiger charge is -2.09. The Bertz CT molecular complexity index is 2460. The summed E-state index contributed by atoms with van der Waals surface area (Å²) in [7, 11) is 1.70. The van der Waals surface area contributed by atoms with Crippen LogP contribution >= 0.6 is 0 Å². The first-order valence-corrected chi connectivity index (χ1v) is 18.7. The van der Waals surface area contributed by atoms with Gasteiger partial charge in [0.1, 0.15) is 5.75 Å². The van der Waals surface area contributed by atoms with Crippen LogP contribution in [0.15, 0.2) is 97.1 Å². The Balaban J connectivity index is 1.48. The lowest BCUT2D eigenvalue weighted by molar-refractivity contribution is 0.415. The van der Waals surface area contributed by atoms with Crippen molar-refractivity contribution in [2.45, 2.75) is 46.5 Å². The van der Waals surface area contributed by atoms with Crippen LogP contribution in [0.2, 0.25) is 0 Å². The van der Waals surface area contributed by atoms with Crippen molar-refractivity contribution in [3.63, 3.8) is 0 Å². The van der Waals surface area contributed by atoms with Gasteiger partial charge >= 0.3 is 0 Å². The third-order valence-corrected chi connectivity index (χ3v) is 10.1. The number of anilines is 1. The summed E-state index contributed by atoms with van der Waals surface area (Å²) >= 11 is 0. The van der Waals surface area contributed by atoms with E-state index in [2.05, 4.69) is 145 Å². The molecule has 6 heteroatoms. The molecule has 2 aliphatic heterocycles. The summed E-state index contributed by atoms with van der Waals surface area (Å²) in [6.07, 6.45) is 13.3. The van der Waals surface area contributed by atoms with Gasteiger partial charge in [0.15, 0.2) is 0 Å². The fraction of sp³-hybridized carbons (Fsp3) is 0.191. The van der Waals surface area contributed by atoms with Gasteiger partial charge in [0.05, 0.1) is 41.1 Å². The molecule has 0 unspecified atom stereocenters. The number of aromatic amines is 2. The summed E-state index contributed by atoms with van der Waals surface area (Å²) in [6.45, 7) is 7.36. The molecule has 8 bridgehead atoms. The Hall–Kier alpha value is -6.14. The normalized spacial score (nSPS) is 12.0. The molecular weight excluding hydrogens is 651 g/mol. The van der Waals surface area contributed by atoms with E-state index in [1.807, 2.05) is 12.1 Å². The minimum absolute atomic E-state index is 0.808. The van der Waals surface area contributed by atoms with Crippen LogP contribution in [0.1, 0.15) is 66.5 Å². The summed E-state index contributed by atoms with van der Waals surface area (Å²) in [5.74, 6) is 0.808. The highest BCUT2D eigenvalue weighted by Crippen LogP contribution is 2.38. The second-order valence-electron chi connectivity index (χ2n) is 14.0. The van der Waals surface area contributed by atoms with Gasteiger partial charge in [-0.25, -0.2) is 9.97 Å². The van der Waals surface area contributed by atoms with Crippen molar-refractivity contribution in [1.29, 1.82) is 0 Å². The van der Waals surface area contributed by atoms with E-state index < -0.39 is 0 Å². The van der Waals surface area contributed by atoms with Crippen molar-refractivity contribution < 1.29 is 4.74 Å². The fourth-order valence-corrected chi connectivity index (χ4v) is 7.27. The van der Waals surface area contributed by atoms with Crippen LogP contribution in [0, 0.1) is 13.8 Å². The number of aromatic nitrogens is 4. The maximum absolute atomic E-state index is 5.53. The van der Waals surface area contributed by atoms with Crippen molar-refractivity contribution in [3.8, 4) is 39.1 Å². The first-order valence-electron chi connectivity index (χ1n) is 18.7. The molecule has 264 valence electrons. The van der Waals surface area contributed by atoms with Crippen LogP contribution in [0.25, 0.3) is 79.8 Å². The maximum Gasteiger partial charge on any atom is 0.118 e. The minimum atomic E-state index is 0.808. The molecule has 3 N–H and O–H groups in total. The molecule has 5 heterocycles. The Morgan fingerprint density at radius 3 is 1.43 bits per heavy atom. The number of hydrogen-bond donors (Lipinski definition) is 3. The highest BCUT2D eigenvalue weighted by molar-refractivity contribution is 5.99. The van der Waals surface area contributed by atoms with E-state index in [0.29, 0.717) is 0 Å². The van der Waals surface area contributed by atoms with Crippen molar-refractivity contribution in [1.82, 2.24) is 19.9 Å². The number of nitrogens with one attached hydrogen (secondary N) is 3. The second-order valence-corrected chi connectivity index (χ2v) is 14.0. The van der Waals surface area contributed by atoms with Gasteiger partial charge in [-0.05, 0) is 97.7 Å². The monoisotopic (exact) mass is 695 g/mol. The van der Waals surface area contributed by atoms with Gasteiger partial charge in [0, 0.05) is 39.8 Å². The van der Waals surface area contributed by atoms with Gasteiger partial charge < -0.3 is 20.0 Å². The van der Waals surface area contributed by atoms with Gasteiger partial charge in [-0.1, -0.05) is 98.0 Å². The summed E-state index contributed by atoms with van der Waals surface area (Å²) < 4.78 is 5.53. The number of fused-ring (bicyclic) bond motifs is 8. The van der Waals surface area contributed by atoms with Crippen molar-refractivity contribution in [3.05, 3.63) is 131 Å². The van der Waals surface area contributed by atoms with Gasteiger partial charge in [0.25, 0.3) is 0 Å². The maximum atomic E-state index is 5.53. The number of unbranched alkanes of at least 4 members (excludes halogenated alkanes) is 3. The average molecular weight is 696 g/mol. The molecule has 3 aromatic carbocycles. The van der Waals surface area contributed by atoms with Crippen LogP contribution < -0.4 is 10.1 Å². The molecule has 0 aliphatic carbocycles. The van der Waals surface area contributed by atoms with Gasteiger partial charge in [-0.15, -0.1) is 0 Å². The number of methoxy groups -OCH3 is 1. The molecular formula is C47H45N5O. The third kappa shape index (κ3) is 6.93. The van der Waals surface area contributed by atoms with E-state index in [-0.39, 0.29) is 0 Å². The molecule has 53 heavy (non-hydrogen) atoms. The predicted molar refractivity (Wildman–Crippen MR) is 224 cm³/mol. The third-order valence-electron chi connectivity index (χ3n) is 10.1. The molecule has 0 radical (unpaired) electrons. The molecule has 0 spiro atoms. The first-order chi connectivity index (χ1) is 26.0. The van der Waals surface area contributed by atoms with Crippen LogP contribution in [0.5, 0.6) is 5.75 Å². The molecule has 0 saturated carbocycles. The van der Waals surface area contributed by atoms with Crippen molar-refractivity contribution in [2.75, 3.05) is 19.0 Å². The second kappa shape index (κ2) is 14.8. The molecule has 0 saturated heterocycles. The number of ether oxygens (including phenoxy) is 1. The topological polar surface area (TPSA) is 78.6 Å². The lowest BCUT2D eigenvalue weighted by Crippen LogP contribution is -2.03. The number of rotatable bonds is 10. The summed E-state index contributed by atoms with van der Waals surface area (Å²) in [4.78, 5) is 18.4. The zero-order valence-electron chi connectivity index (χ0n) is 30.9. The van der Waals surface area contributed by atoms with E-state index in [9.17, 15) is 0 Å². The predicted octanol–water partition coefficient (Wildman–Crippen LogP) is 12.3. The molecule has 3 aromatic heterocycles. The number of nitrogens with zero attached hydrogens (tertiary/aromatic N) is 2. The van der Waals surface area contributed by atoms with E-state index in [4.69, 9.17) is 14.7 Å². The largest absolute Gasteiger partial charge is 0.497 e. The van der Waals surface area contributed by atoms with Crippen LogP contribution in [-0.2, 0) is 0 Å². The molecule has 6 nitrogen and oxygen atoms in total. The van der Waals surface area contributed by atoms with Gasteiger partial charge in [0.2, 0.25) is 0 Å². The number of H-pyrrole nitrogens is 2. The summed E-state index contributed by atoms with van der Waals surface area (Å²) in [5, 5.41) is 3.80. The molecule has 0 fully saturated rings. The lowest BCUT2D eigenvalue weighted by atomic mass is 10.0. The quantitative estimate of drug-likeness (QED) is 0.124. The Labute approximate surface area is 311 Å². The molecule has 0 amide bonds. The van der Waals surface area contributed by atoms with E-state index in [1.165, 1.54) is 30.4 Å². The average Bonchev–Trinajstić information content (AvgIpc) is 4.02. The minimum Gasteiger partial charge on any atom is -0.497 e. The number of aryl methyl sites for hydroxylation is 2. The standard InChI is InChI=1S/C47H45N5O/c1-5-6-7-8-29-48-47-42-27-25-40(51-42)44(32-13-9-30(2)10-14-32)36-21-23-38(49-36)46(34-17-19-35(53-4)20-18-34)39-24-22-37(50-39)45(41-26-28-43(47)52-41)33-15-11-31(3)12-16-33/h9-28,48-49,52H,5-8,29H2,1-4H3. The number of benzene rings is 3. The highest BCUT2D eigenvalue weighted by Gasteiger charge is 2.18. The van der Waals surface area contributed by atoms with Gasteiger partial charge in [-0.2, -0.15) is 0 Å². The van der Waals surface area contributed by atoms with Crippen molar-refractivity contribution in [2.24, 2.45) is 0 Å². The van der Waals surface area contributed by atoms with Crippen molar-refractivity contribution >= 4 is 52.1 Å². The fourth-order valence-electron chi connectivity index (χ4n) is 7.27. The highest BCUT2D eigenvalue weighted by atomic mass is 16.5. The summed E-state index contributed by atoms with van der Waals surface area (Å²) in [6, 6.07) is 34.3. The molecule has 2 aliphatic rings. The van der Waals surface area contributed by atoms with E-state index >= 15 is 0 Å². The first kappa shape index (κ1) is 34.0. The summed E-state index contributed by atoms with van der Waals surface area (Å²) in [5.41, 5.74) is 17.3.